The fourth-order valence-corrected chi connectivity index (χ4v) is 0.986. The highest BCUT2D eigenvalue weighted by Gasteiger charge is 2.41. The third-order valence-corrected chi connectivity index (χ3v) is 1.60. The van der Waals surface area contributed by atoms with Crippen molar-refractivity contribution in [3.63, 3.8) is 0 Å². The second kappa shape index (κ2) is 2.21. The number of ether oxygens (including phenoxy) is 1. The number of esters is 1. The van der Waals surface area contributed by atoms with E-state index in [-0.39, 0.29) is 6.61 Å². The normalized spacial score (nSPS) is 39.9. The van der Waals surface area contributed by atoms with Crippen LogP contribution in [0.2, 0.25) is 0 Å². The van der Waals surface area contributed by atoms with Crippen LogP contribution in [0.5, 0.6) is 0 Å². The van der Waals surface area contributed by atoms with E-state index in [4.69, 9.17) is 15.6 Å². The first-order valence-electron chi connectivity index (χ1n) is 3.17. The number of carbonyl (C=O) groups is 1. The summed E-state index contributed by atoms with van der Waals surface area (Å²) in [6, 6.07) is 0. The van der Waals surface area contributed by atoms with Crippen LogP contribution in [0.15, 0.2) is 0 Å². The molecule has 0 aromatic heterocycles. The molecule has 0 spiro atoms. The molecule has 0 aromatic carbocycles. The van der Waals surface area contributed by atoms with Gasteiger partial charge in [0.2, 0.25) is 0 Å². The van der Waals surface area contributed by atoms with E-state index in [0.29, 0.717) is 6.42 Å². The first-order valence-corrected chi connectivity index (χ1v) is 3.17. The van der Waals surface area contributed by atoms with Gasteiger partial charge in [-0.25, -0.2) is 0 Å². The van der Waals surface area contributed by atoms with E-state index in [1.807, 2.05) is 0 Å². The van der Waals surface area contributed by atoms with Crippen LogP contribution in [0.25, 0.3) is 0 Å². The van der Waals surface area contributed by atoms with Crippen LogP contribution >= 0.6 is 0 Å². The quantitative estimate of drug-likeness (QED) is 0.465. The lowest BCUT2D eigenvalue weighted by Gasteiger charge is -2.09. The first kappa shape index (κ1) is 7.50. The number of nitrogens with two attached hydrogens (primary N) is 1. The molecule has 1 fully saturated rings. The van der Waals surface area contributed by atoms with Gasteiger partial charge in [-0.05, 0) is 6.92 Å². The number of hydrogen-bond acceptors (Lipinski definition) is 4. The van der Waals surface area contributed by atoms with Crippen LogP contribution < -0.4 is 5.73 Å². The number of rotatable bonds is 1. The van der Waals surface area contributed by atoms with Gasteiger partial charge in [0.25, 0.3) is 0 Å². The van der Waals surface area contributed by atoms with Gasteiger partial charge in [0.15, 0.2) is 0 Å². The average Bonchev–Trinajstić information content (AvgIpc) is 2.08. The molecule has 3 N–H and O–H groups in total. The minimum absolute atomic E-state index is 0.140. The Morgan fingerprint density at radius 3 is 2.80 bits per heavy atom. The Balaban J connectivity index is 2.62. The number of aliphatic hydroxyl groups is 1. The topological polar surface area (TPSA) is 72.6 Å². The average molecular weight is 145 g/mol. The molecule has 4 nitrogen and oxygen atoms in total. The zero-order valence-corrected chi connectivity index (χ0v) is 5.83. The largest absolute Gasteiger partial charge is 0.458 e. The second-order valence-electron chi connectivity index (χ2n) is 2.83. The van der Waals surface area contributed by atoms with Crippen LogP contribution in [-0.4, -0.2) is 29.3 Å². The first-order chi connectivity index (χ1) is 4.56. The predicted octanol–water partition coefficient (Wildman–Crippen LogP) is -0.988. The molecule has 0 bridgehead atoms. The molecule has 0 saturated carbocycles. The number of aliphatic hydroxyl groups excluding tert-OH is 1. The van der Waals surface area contributed by atoms with Crippen molar-refractivity contribution in [2.24, 2.45) is 5.73 Å². The molecule has 0 radical (unpaired) electrons. The summed E-state index contributed by atoms with van der Waals surface area (Å²) in [7, 11) is 0. The van der Waals surface area contributed by atoms with Crippen LogP contribution in [0, 0.1) is 0 Å². The van der Waals surface area contributed by atoms with Gasteiger partial charge in [-0.3, -0.25) is 4.79 Å². The maximum absolute atomic E-state index is 10.8. The van der Waals surface area contributed by atoms with Gasteiger partial charge >= 0.3 is 5.97 Å². The molecule has 0 aromatic rings. The standard InChI is InChI=1S/C6H11NO3/c1-6(7)2-4(3-8)10-5(6)9/h4,8H,2-3,7H2,1H3. The minimum Gasteiger partial charge on any atom is -0.458 e. The highest BCUT2D eigenvalue weighted by atomic mass is 16.6. The zero-order valence-electron chi connectivity index (χ0n) is 5.83. The van der Waals surface area contributed by atoms with E-state index in [2.05, 4.69) is 0 Å². The number of carbonyl (C=O) groups excluding carboxylic acids is 1. The summed E-state index contributed by atoms with van der Waals surface area (Å²) in [6.45, 7) is 1.46. The van der Waals surface area contributed by atoms with E-state index in [1.54, 1.807) is 6.92 Å². The van der Waals surface area contributed by atoms with Crippen molar-refractivity contribution in [3.05, 3.63) is 0 Å². The fraction of sp³-hybridized carbons (Fsp3) is 0.833. The predicted molar refractivity (Wildman–Crippen MR) is 34.2 cm³/mol. The molecular weight excluding hydrogens is 134 g/mol. The van der Waals surface area contributed by atoms with Gasteiger partial charge in [-0.15, -0.1) is 0 Å². The number of hydrogen-bond donors (Lipinski definition) is 2. The molecular formula is C6H11NO3. The highest BCUT2D eigenvalue weighted by molar-refractivity contribution is 5.82. The minimum atomic E-state index is -0.895. The SMILES string of the molecule is CC1(N)CC(CO)OC1=O. The lowest BCUT2D eigenvalue weighted by molar-refractivity contribution is -0.146. The van der Waals surface area contributed by atoms with Gasteiger partial charge < -0.3 is 15.6 Å². The van der Waals surface area contributed by atoms with Crippen molar-refractivity contribution in [2.75, 3.05) is 6.61 Å². The Morgan fingerprint density at radius 1 is 2.00 bits per heavy atom. The molecule has 1 rings (SSSR count). The van der Waals surface area contributed by atoms with E-state index in [1.165, 1.54) is 0 Å². The molecule has 1 heterocycles. The van der Waals surface area contributed by atoms with E-state index >= 15 is 0 Å². The van der Waals surface area contributed by atoms with Crippen LogP contribution in [0.4, 0.5) is 0 Å². The Morgan fingerprint density at radius 2 is 2.60 bits per heavy atom. The molecule has 1 saturated heterocycles. The molecule has 58 valence electrons. The summed E-state index contributed by atoms with van der Waals surface area (Å²) >= 11 is 0. The maximum atomic E-state index is 10.8. The van der Waals surface area contributed by atoms with Gasteiger partial charge in [0.05, 0.1) is 6.61 Å². The lowest BCUT2D eigenvalue weighted by Crippen LogP contribution is -2.40. The van der Waals surface area contributed by atoms with Gasteiger partial charge in [-0.2, -0.15) is 0 Å². The molecule has 1 aliphatic rings. The van der Waals surface area contributed by atoms with E-state index in [0.717, 1.165) is 0 Å². The molecule has 1 aliphatic heterocycles. The molecule has 0 amide bonds. The van der Waals surface area contributed by atoms with Crippen molar-refractivity contribution < 1.29 is 14.6 Å². The lowest BCUT2D eigenvalue weighted by atomic mass is 10.00. The van der Waals surface area contributed by atoms with Crippen molar-refractivity contribution in [2.45, 2.75) is 25.0 Å². The van der Waals surface area contributed by atoms with Crippen LogP contribution in [0.1, 0.15) is 13.3 Å². The molecule has 0 aliphatic carbocycles. The van der Waals surface area contributed by atoms with E-state index in [9.17, 15) is 4.79 Å². The van der Waals surface area contributed by atoms with E-state index < -0.39 is 17.6 Å². The summed E-state index contributed by atoms with van der Waals surface area (Å²) in [5.41, 5.74) is 4.61. The third-order valence-electron chi connectivity index (χ3n) is 1.60. The summed E-state index contributed by atoms with van der Waals surface area (Å²) in [4.78, 5) is 10.8. The van der Waals surface area contributed by atoms with Gasteiger partial charge in [-0.1, -0.05) is 0 Å². The molecule has 4 heteroatoms. The summed E-state index contributed by atoms with van der Waals surface area (Å²) in [5.74, 6) is -0.424. The van der Waals surface area contributed by atoms with Gasteiger partial charge in [0.1, 0.15) is 11.6 Å². The highest BCUT2D eigenvalue weighted by Crippen LogP contribution is 2.21. The molecule has 2 atom stereocenters. The zero-order chi connectivity index (χ0) is 7.78. The molecule has 10 heavy (non-hydrogen) atoms. The van der Waals surface area contributed by atoms with Crippen molar-refractivity contribution in [1.29, 1.82) is 0 Å². The summed E-state index contributed by atoms with van der Waals surface area (Å²) in [5, 5.41) is 8.58. The van der Waals surface area contributed by atoms with Crippen molar-refractivity contribution >= 4 is 5.97 Å². The monoisotopic (exact) mass is 145 g/mol. The van der Waals surface area contributed by atoms with Crippen LogP contribution in [0.3, 0.4) is 0 Å². The second-order valence-corrected chi connectivity index (χ2v) is 2.83. The van der Waals surface area contributed by atoms with Crippen molar-refractivity contribution in [3.8, 4) is 0 Å². The Labute approximate surface area is 59.0 Å². The van der Waals surface area contributed by atoms with Gasteiger partial charge in [0, 0.05) is 6.42 Å². The maximum Gasteiger partial charge on any atom is 0.326 e. The van der Waals surface area contributed by atoms with Crippen LogP contribution in [-0.2, 0) is 9.53 Å². The Bertz CT molecular complexity index is 155. The summed E-state index contributed by atoms with van der Waals surface area (Å²) in [6.07, 6.45) is 0.00463. The smallest absolute Gasteiger partial charge is 0.326 e. The third kappa shape index (κ3) is 1.12. The molecule has 2 unspecified atom stereocenters. The summed E-state index contributed by atoms with van der Waals surface area (Å²) < 4.78 is 4.71. The Hall–Kier alpha value is -0.610. The van der Waals surface area contributed by atoms with Crippen molar-refractivity contribution in [1.82, 2.24) is 0 Å². The fourth-order valence-electron chi connectivity index (χ4n) is 0.986. The number of cyclic esters (lactones) is 1. The Kier molecular flexibility index (Phi) is 1.66.